The van der Waals surface area contributed by atoms with Gasteiger partial charge in [-0.05, 0) is 19.1 Å². The van der Waals surface area contributed by atoms with Crippen LogP contribution < -0.4 is 20.7 Å². The van der Waals surface area contributed by atoms with Crippen LogP contribution in [0.2, 0.25) is 0 Å². The number of nitrogens with two attached hydrogens (primary N) is 1. The number of nitrogens with zero attached hydrogens (tertiary/aromatic N) is 1. The molecule has 22 heavy (non-hydrogen) atoms. The number of carbonyl (C=O) groups excluding carboxylic acids is 2. The van der Waals surface area contributed by atoms with Gasteiger partial charge in [-0.25, -0.2) is 0 Å². The Balaban J connectivity index is 0.00000242. The summed E-state index contributed by atoms with van der Waals surface area (Å²) in [5.41, 5.74) is 6.37. The first-order valence-electron chi connectivity index (χ1n) is 6.99. The molecular formula is C15H22ClN3O3. The Kier molecular flexibility index (Phi) is 6.64. The molecule has 0 aromatic heterocycles. The summed E-state index contributed by atoms with van der Waals surface area (Å²) in [5, 5.41) is 2.86. The summed E-state index contributed by atoms with van der Waals surface area (Å²) in [6, 6.07) is 6.97. The number of ether oxygens (including phenoxy) is 1. The van der Waals surface area contributed by atoms with Crippen molar-refractivity contribution in [3.05, 3.63) is 24.3 Å². The van der Waals surface area contributed by atoms with Crippen molar-refractivity contribution in [3.8, 4) is 5.75 Å². The smallest absolute Gasteiger partial charge is 0.229 e. The maximum absolute atomic E-state index is 12.1. The van der Waals surface area contributed by atoms with Crippen molar-refractivity contribution >= 4 is 29.9 Å². The molecule has 2 unspecified atom stereocenters. The van der Waals surface area contributed by atoms with Gasteiger partial charge < -0.3 is 20.7 Å². The molecule has 6 nitrogen and oxygen atoms in total. The lowest BCUT2D eigenvalue weighted by molar-refractivity contribution is -0.122. The molecule has 2 rings (SSSR count). The van der Waals surface area contributed by atoms with Gasteiger partial charge in [-0.1, -0.05) is 6.07 Å². The van der Waals surface area contributed by atoms with Gasteiger partial charge in [0.15, 0.2) is 0 Å². The monoisotopic (exact) mass is 327 g/mol. The second-order valence-corrected chi connectivity index (χ2v) is 5.36. The lowest BCUT2D eigenvalue weighted by Gasteiger charge is -2.18. The van der Waals surface area contributed by atoms with Gasteiger partial charge in [0.1, 0.15) is 5.75 Å². The van der Waals surface area contributed by atoms with Gasteiger partial charge in [0.2, 0.25) is 11.8 Å². The normalized spacial score (nSPS) is 18.6. The maximum Gasteiger partial charge on any atom is 0.229 e. The Bertz CT molecular complexity index is 537. The van der Waals surface area contributed by atoms with Gasteiger partial charge in [-0.15, -0.1) is 12.4 Å². The zero-order valence-corrected chi connectivity index (χ0v) is 13.6. The third-order valence-electron chi connectivity index (χ3n) is 3.36. The highest BCUT2D eigenvalue weighted by molar-refractivity contribution is 5.97. The Morgan fingerprint density at radius 1 is 1.55 bits per heavy atom. The lowest BCUT2D eigenvalue weighted by atomic mass is 10.2. The van der Waals surface area contributed by atoms with Crippen LogP contribution in [0.3, 0.4) is 0 Å². The third kappa shape index (κ3) is 4.61. The van der Waals surface area contributed by atoms with Gasteiger partial charge in [-0.2, -0.15) is 0 Å². The fraction of sp³-hybridized carbons (Fsp3) is 0.467. The number of amides is 2. The van der Waals surface area contributed by atoms with Gasteiger partial charge >= 0.3 is 0 Å². The second-order valence-electron chi connectivity index (χ2n) is 5.36. The topological polar surface area (TPSA) is 84.7 Å². The van der Waals surface area contributed by atoms with Crippen molar-refractivity contribution in [2.45, 2.75) is 31.8 Å². The molecule has 122 valence electrons. The predicted molar refractivity (Wildman–Crippen MR) is 87.4 cm³/mol. The molecule has 0 spiro atoms. The first-order chi connectivity index (χ1) is 9.99. The summed E-state index contributed by atoms with van der Waals surface area (Å²) in [6.45, 7) is 2.25. The molecule has 3 N–H and O–H groups in total. The summed E-state index contributed by atoms with van der Waals surface area (Å²) in [6.07, 6.45) is 0.575. The maximum atomic E-state index is 12.1. The summed E-state index contributed by atoms with van der Waals surface area (Å²) in [5.74, 6) is 0.578. The average molecular weight is 328 g/mol. The van der Waals surface area contributed by atoms with Crippen molar-refractivity contribution in [1.82, 2.24) is 5.32 Å². The van der Waals surface area contributed by atoms with E-state index in [1.54, 1.807) is 18.9 Å². The van der Waals surface area contributed by atoms with E-state index in [-0.39, 0.29) is 42.7 Å². The summed E-state index contributed by atoms with van der Waals surface area (Å²) in [4.78, 5) is 25.5. The van der Waals surface area contributed by atoms with Crippen molar-refractivity contribution < 1.29 is 14.3 Å². The highest BCUT2D eigenvalue weighted by Crippen LogP contribution is 2.25. The Morgan fingerprint density at radius 3 is 2.91 bits per heavy atom. The number of rotatable bonds is 5. The van der Waals surface area contributed by atoms with E-state index in [0.29, 0.717) is 18.7 Å². The van der Waals surface area contributed by atoms with Gasteiger partial charge in [-0.3, -0.25) is 9.59 Å². The fourth-order valence-corrected chi connectivity index (χ4v) is 2.41. The van der Waals surface area contributed by atoms with Crippen LogP contribution in [0.1, 0.15) is 19.8 Å². The van der Waals surface area contributed by atoms with Crippen LogP contribution in [0.15, 0.2) is 24.3 Å². The van der Waals surface area contributed by atoms with E-state index in [9.17, 15) is 9.59 Å². The minimum Gasteiger partial charge on any atom is -0.497 e. The molecule has 1 aromatic carbocycles. The van der Waals surface area contributed by atoms with Crippen molar-refractivity contribution in [2.24, 2.45) is 5.73 Å². The van der Waals surface area contributed by atoms with Gasteiger partial charge in [0.05, 0.1) is 13.2 Å². The average Bonchev–Trinajstić information content (AvgIpc) is 2.78. The molecule has 1 saturated heterocycles. The molecule has 1 heterocycles. The number of halogens is 1. The highest BCUT2D eigenvalue weighted by Gasteiger charge is 2.31. The fourth-order valence-electron chi connectivity index (χ4n) is 2.41. The number of nitrogens with one attached hydrogen (secondary N) is 1. The number of hydrogen-bond donors (Lipinski definition) is 2. The Hall–Kier alpha value is -1.79. The van der Waals surface area contributed by atoms with Crippen molar-refractivity contribution in [3.63, 3.8) is 0 Å². The molecule has 2 amide bonds. The number of methoxy groups -OCH3 is 1. The van der Waals surface area contributed by atoms with Crippen molar-refractivity contribution in [2.75, 3.05) is 18.6 Å². The number of benzene rings is 1. The summed E-state index contributed by atoms with van der Waals surface area (Å²) >= 11 is 0. The zero-order chi connectivity index (χ0) is 15.4. The summed E-state index contributed by atoms with van der Waals surface area (Å²) < 4.78 is 5.16. The quantitative estimate of drug-likeness (QED) is 0.847. The SMILES string of the molecule is COc1cccc(N2CC(NC(=O)CC(C)N)CC2=O)c1.Cl. The molecule has 0 aliphatic carbocycles. The molecule has 1 fully saturated rings. The van der Waals surface area contributed by atoms with Crippen LogP contribution >= 0.6 is 12.4 Å². The standard InChI is InChI=1S/C15H21N3O3.ClH/c1-10(16)6-14(19)17-11-7-15(20)18(9-11)12-4-3-5-13(8-12)21-2;/h3-5,8,10-11H,6-7,9,16H2,1-2H3,(H,17,19);1H. The van der Waals surface area contributed by atoms with Crippen LogP contribution in [-0.4, -0.2) is 37.6 Å². The molecule has 1 aliphatic heterocycles. The van der Waals surface area contributed by atoms with E-state index in [2.05, 4.69) is 5.32 Å². The zero-order valence-electron chi connectivity index (χ0n) is 12.7. The lowest BCUT2D eigenvalue weighted by Crippen LogP contribution is -2.39. The number of carbonyl (C=O) groups is 2. The van der Waals surface area contributed by atoms with Crippen LogP contribution in [-0.2, 0) is 9.59 Å². The molecule has 1 aliphatic rings. The first-order valence-corrected chi connectivity index (χ1v) is 6.99. The molecule has 2 atom stereocenters. The summed E-state index contributed by atoms with van der Waals surface area (Å²) in [7, 11) is 1.59. The Morgan fingerprint density at radius 2 is 2.27 bits per heavy atom. The minimum atomic E-state index is -0.184. The molecule has 0 radical (unpaired) electrons. The van der Waals surface area contributed by atoms with E-state index in [4.69, 9.17) is 10.5 Å². The molecule has 0 saturated carbocycles. The molecular weight excluding hydrogens is 306 g/mol. The number of hydrogen-bond acceptors (Lipinski definition) is 4. The highest BCUT2D eigenvalue weighted by atomic mass is 35.5. The molecule has 7 heteroatoms. The van der Waals surface area contributed by atoms with E-state index < -0.39 is 0 Å². The molecule has 1 aromatic rings. The minimum absolute atomic E-state index is 0. The predicted octanol–water partition coefficient (Wildman–Crippen LogP) is 1.08. The van der Waals surface area contributed by atoms with Crippen LogP contribution in [0.4, 0.5) is 5.69 Å². The molecule has 0 bridgehead atoms. The van der Waals surface area contributed by atoms with E-state index in [1.165, 1.54) is 0 Å². The van der Waals surface area contributed by atoms with Crippen LogP contribution in [0.5, 0.6) is 5.75 Å². The van der Waals surface area contributed by atoms with Gasteiger partial charge in [0, 0.05) is 37.2 Å². The number of anilines is 1. The van der Waals surface area contributed by atoms with Crippen LogP contribution in [0, 0.1) is 0 Å². The van der Waals surface area contributed by atoms with E-state index >= 15 is 0 Å². The van der Waals surface area contributed by atoms with Gasteiger partial charge in [0.25, 0.3) is 0 Å². The van der Waals surface area contributed by atoms with E-state index in [0.717, 1.165) is 5.69 Å². The third-order valence-corrected chi connectivity index (χ3v) is 3.36. The largest absolute Gasteiger partial charge is 0.497 e. The van der Waals surface area contributed by atoms with Crippen molar-refractivity contribution in [1.29, 1.82) is 0 Å². The van der Waals surface area contributed by atoms with Crippen LogP contribution in [0.25, 0.3) is 0 Å². The van der Waals surface area contributed by atoms with E-state index in [1.807, 2.05) is 24.3 Å². The first kappa shape index (κ1) is 18.3. The second kappa shape index (κ2) is 8.00. The Labute approximate surface area is 136 Å².